The molecule has 0 atom stereocenters. The molecule has 1 aliphatic carbocycles. The Labute approximate surface area is 144 Å². The van der Waals surface area contributed by atoms with Crippen LogP contribution in [0.2, 0.25) is 0 Å². The van der Waals surface area contributed by atoms with Crippen molar-refractivity contribution in [3.63, 3.8) is 0 Å². The zero-order chi connectivity index (χ0) is 17.8. The Bertz CT molecular complexity index is 771. The second kappa shape index (κ2) is 7.42. The average Bonchev–Trinajstić information content (AvgIpc) is 3.23. The Morgan fingerprint density at radius 1 is 1.32 bits per heavy atom. The summed E-state index contributed by atoms with van der Waals surface area (Å²) in [6.45, 7) is -0.0688. The first-order valence-corrected chi connectivity index (χ1v) is 8.20. The van der Waals surface area contributed by atoms with Gasteiger partial charge >= 0.3 is 5.97 Å². The van der Waals surface area contributed by atoms with E-state index in [2.05, 4.69) is 10.3 Å². The number of benzene rings is 1. The zero-order valence-electron chi connectivity index (χ0n) is 13.6. The molecule has 1 heterocycles. The number of nitrogens with zero attached hydrogens (tertiary/aromatic N) is 4. The SMILES string of the molecule is O=C(O)Cn1cc(C(=O)N(Cc2cccc(F)c2)C2CCCC2)nn1. The van der Waals surface area contributed by atoms with Crippen molar-refractivity contribution in [1.82, 2.24) is 19.9 Å². The van der Waals surface area contributed by atoms with Gasteiger partial charge in [-0.25, -0.2) is 9.07 Å². The predicted octanol–water partition coefficient (Wildman–Crippen LogP) is 2.09. The van der Waals surface area contributed by atoms with Gasteiger partial charge in [-0.05, 0) is 30.5 Å². The topological polar surface area (TPSA) is 88.3 Å². The molecule has 0 radical (unpaired) electrons. The number of halogens is 1. The molecule has 132 valence electrons. The molecular weight excluding hydrogens is 327 g/mol. The lowest BCUT2D eigenvalue weighted by atomic mass is 10.1. The van der Waals surface area contributed by atoms with Crippen LogP contribution in [-0.4, -0.2) is 42.9 Å². The van der Waals surface area contributed by atoms with Gasteiger partial charge in [-0.1, -0.05) is 30.2 Å². The van der Waals surface area contributed by atoms with Crippen molar-refractivity contribution in [3.05, 3.63) is 47.5 Å². The molecule has 3 rings (SSSR count). The third-order valence-electron chi connectivity index (χ3n) is 4.32. The highest BCUT2D eigenvalue weighted by Gasteiger charge is 2.29. The lowest BCUT2D eigenvalue weighted by Crippen LogP contribution is -2.38. The Balaban J connectivity index is 1.81. The van der Waals surface area contributed by atoms with E-state index in [1.165, 1.54) is 18.3 Å². The fraction of sp³-hybridized carbons (Fsp3) is 0.412. The molecule has 0 spiro atoms. The van der Waals surface area contributed by atoms with Gasteiger partial charge in [-0.15, -0.1) is 5.10 Å². The highest BCUT2D eigenvalue weighted by Crippen LogP contribution is 2.26. The second-order valence-electron chi connectivity index (χ2n) is 6.20. The number of carboxylic acids is 1. The summed E-state index contributed by atoms with van der Waals surface area (Å²) in [4.78, 5) is 25.3. The molecule has 25 heavy (non-hydrogen) atoms. The molecule has 1 aromatic heterocycles. The maximum absolute atomic E-state index is 13.5. The van der Waals surface area contributed by atoms with Crippen LogP contribution in [0.1, 0.15) is 41.7 Å². The van der Waals surface area contributed by atoms with Crippen LogP contribution < -0.4 is 0 Å². The van der Waals surface area contributed by atoms with Gasteiger partial charge < -0.3 is 10.0 Å². The van der Waals surface area contributed by atoms with E-state index in [1.807, 2.05) is 0 Å². The van der Waals surface area contributed by atoms with Crippen molar-refractivity contribution >= 4 is 11.9 Å². The number of carbonyl (C=O) groups excluding carboxylic acids is 1. The van der Waals surface area contributed by atoms with E-state index in [9.17, 15) is 14.0 Å². The fourth-order valence-corrected chi connectivity index (χ4v) is 3.17. The van der Waals surface area contributed by atoms with E-state index in [0.717, 1.165) is 30.4 Å². The quantitative estimate of drug-likeness (QED) is 0.865. The smallest absolute Gasteiger partial charge is 0.325 e. The lowest BCUT2D eigenvalue weighted by Gasteiger charge is -2.28. The van der Waals surface area contributed by atoms with Crippen LogP contribution in [0.5, 0.6) is 0 Å². The van der Waals surface area contributed by atoms with Crippen molar-refractivity contribution in [1.29, 1.82) is 0 Å². The van der Waals surface area contributed by atoms with Crippen LogP contribution in [0.25, 0.3) is 0 Å². The summed E-state index contributed by atoms with van der Waals surface area (Å²) in [7, 11) is 0. The Morgan fingerprint density at radius 3 is 2.76 bits per heavy atom. The van der Waals surface area contributed by atoms with Crippen molar-refractivity contribution in [2.75, 3.05) is 0 Å². The van der Waals surface area contributed by atoms with Crippen LogP contribution in [0, 0.1) is 5.82 Å². The average molecular weight is 346 g/mol. The van der Waals surface area contributed by atoms with E-state index < -0.39 is 5.97 Å². The third-order valence-corrected chi connectivity index (χ3v) is 4.32. The maximum Gasteiger partial charge on any atom is 0.325 e. The van der Waals surface area contributed by atoms with Crippen LogP contribution in [0.3, 0.4) is 0 Å². The van der Waals surface area contributed by atoms with Gasteiger partial charge in [0.05, 0.1) is 6.20 Å². The Kier molecular flexibility index (Phi) is 5.06. The van der Waals surface area contributed by atoms with Crippen molar-refractivity contribution < 1.29 is 19.1 Å². The number of hydrogen-bond acceptors (Lipinski definition) is 4. The molecule has 1 saturated carbocycles. The molecule has 0 saturated heterocycles. The highest BCUT2D eigenvalue weighted by molar-refractivity contribution is 5.92. The van der Waals surface area contributed by atoms with Crippen molar-refractivity contribution in [2.45, 2.75) is 44.8 Å². The van der Waals surface area contributed by atoms with Gasteiger partial charge in [0.2, 0.25) is 0 Å². The van der Waals surface area contributed by atoms with Crippen LogP contribution in [-0.2, 0) is 17.9 Å². The molecule has 0 aliphatic heterocycles. The first kappa shape index (κ1) is 17.1. The van der Waals surface area contributed by atoms with Gasteiger partial charge in [0.25, 0.3) is 5.91 Å². The number of aromatic nitrogens is 3. The number of amides is 1. The van der Waals surface area contributed by atoms with E-state index in [1.54, 1.807) is 17.0 Å². The van der Waals surface area contributed by atoms with Crippen molar-refractivity contribution in [2.24, 2.45) is 0 Å². The van der Waals surface area contributed by atoms with E-state index in [0.29, 0.717) is 5.56 Å². The van der Waals surface area contributed by atoms with Crippen LogP contribution >= 0.6 is 0 Å². The summed E-state index contributed by atoms with van der Waals surface area (Å²) < 4.78 is 14.6. The monoisotopic (exact) mass is 346 g/mol. The first-order valence-electron chi connectivity index (χ1n) is 8.20. The number of carboxylic acid groups (broad SMARTS) is 1. The molecule has 1 N–H and O–H groups in total. The molecule has 0 unspecified atom stereocenters. The molecule has 1 aromatic carbocycles. The largest absolute Gasteiger partial charge is 0.480 e. The normalized spacial score (nSPS) is 14.6. The Hall–Kier alpha value is -2.77. The molecule has 1 aliphatic rings. The molecule has 2 aromatic rings. The maximum atomic E-state index is 13.5. The molecular formula is C17H19FN4O3. The minimum atomic E-state index is -1.06. The van der Waals surface area contributed by atoms with E-state index in [4.69, 9.17) is 5.11 Å². The van der Waals surface area contributed by atoms with E-state index in [-0.39, 0.29) is 36.5 Å². The standard InChI is InChI=1S/C17H19FN4O3/c18-13-5-3-4-12(8-13)9-22(14-6-1-2-7-14)17(25)15-10-21(20-19-15)11-16(23)24/h3-5,8,10,14H,1-2,6-7,9,11H2,(H,23,24). The van der Waals surface area contributed by atoms with Gasteiger partial charge in [0, 0.05) is 12.6 Å². The number of hydrogen-bond donors (Lipinski definition) is 1. The summed E-state index contributed by atoms with van der Waals surface area (Å²) in [5.74, 6) is -1.71. The summed E-state index contributed by atoms with van der Waals surface area (Å²) in [5.41, 5.74) is 0.808. The summed E-state index contributed by atoms with van der Waals surface area (Å²) >= 11 is 0. The zero-order valence-corrected chi connectivity index (χ0v) is 13.6. The molecule has 1 amide bonds. The molecule has 1 fully saturated rings. The minimum Gasteiger partial charge on any atom is -0.480 e. The summed E-state index contributed by atoms with van der Waals surface area (Å²) in [5, 5.41) is 16.3. The van der Waals surface area contributed by atoms with Gasteiger partial charge in [0.15, 0.2) is 5.69 Å². The number of carbonyl (C=O) groups is 2. The number of aliphatic carboxylic acids is 1. The molecule has 8 heteroatoms. The van der Waals surface area contributed by atoms with E-state index >= 15 is 0 Å². The summed E-state index contributed by atoms with van der Waals surface area (Å²) in [6, 6.07) is 6.24. The van der Waals surface area contributed by atoms with Gasteiger partial charge in [0.1, 0.15) is 12.4 Å². The third kappa shape index (κ3) is 4.20. The van der Waals surface area contributed by atoms with Crippen molar-refractivity contribution in [3.8, 4) is 0 Å². The molecule has 7 nitrogen and oxygen atoms in total. The predicted molar refractivity (Wildman–Crippen MR) is 86.2 cm³/mol. The van der Waals surface area contributed by atoms with Gasteiger partial charge in [-0.2, -0.15) is 0 Å². The highest BCUT2D eigenvalue weighted by atomic mass is 19.1. The lowest BCUT2D eigenvalue weighted by molar-refractivity contribution is -0.137. The van der Waals surface area contributed by atoms with Crippen LogP contribution in [0.4, 0.5) is 4.39 Å². The molecule has 0 bridgehead atoms. The summed E-state index contributed by atoms with van der Waals surface area (Å²) in [6.07, 6.45) is 5.21. The fourth-order valence-electron chi connectivity index (χ4n) is 3.17. The van der Waals surface area contributed by atoms with Crippen LogP contribution in [0.15, 0.2) is 30.5 Å². The van der Waals surface area contributed by atoms with Gasteiger partial charge in [-0.3, -0.25) is 9.59 Å². The second-order valence-corrected chi connectivity index (χ2v) is 6.20. The number of rotatable bonds is 6. The first-order chi connectivity index (χ1) is 12.0. The Morgan fingerprint density at radius 2 is 2.08 bits per heavy atom. The minimum absolute atomic E-state index is 0.0698.